The molecule has 0 radical (unpaired) electrons. The molecule has 2 aromatic rings. The first-order valence-electron chi connectivity index (χ1n) is 8.99. The van der Waals surface area contributed by atoms with Gasteiger partial charge in [-0.1, -0.05) is 23.2 Å². The Morgan fingerprint density at radius 2 is 1.67 bits per heavy atom. The molecule has 0 saturated carbocycles. The number of nitrogens with zero attached hydrogens (tertiary/aromatic N) is 2. The van der Waals surface area contributed by atoms with Crippen LogP contribution in [0.2, 0.25) is 10.0 Å². The third kappa shape index (κ3) is 4.75. The van der Waals surface area contributed by atoms with E-state index < -0.39 is 10.0 Å². The molecule has 0 atom stereocenters. The highest BCUT2D eigenvalue weighted by atomic mass is 35.5. The zero-order chi connectivity index (χ0) is 21.9. The molecule has 0 unspecified atom stereocenters. The van der Waals surface area contributed by atoms with Gasteiger partial charge in [0, 0.05) is 37.9 Å². The van der Waals surface area contributed by atoms with Crippen molar-refractivity contribution in [2.24, 2.45) is 0 Å². The fourth-order valence-corrected chi connectivity index (χ4v) is 4.92. The Labute approximate surface area is 185 Å². The van der Waals surface area contributed by atoms with Gasteiger partial charge in [0.15, 0.2) is 0 Å². The first-order chi connectivity index (χ1) is 14.3. The number of amides is 2. The third-order valence-electron chi connectivity index (χ3n) is 4.69. The number of rotatable bonds is 5. The molecule has 0 aromatic heterocycles. The molecule has 1 aliphatic rings. The van der Waals surface area contributed by atoms with Crippen molar-refractivity contribution in [3.05, 3.63) is 46.4 Å². The highest BCUT2D eigenvalue weighted by Crippen LogP contribution is 2.31. The normalized spacial score (nSPS) is 15.0. The lowest BCUT2D eigenvalue weighted by atomic mass is 10.3. The average molecular weight is 474 g/mol. The molecule has 0 bridgehead atoms. The number of carbonyl (C=O) groups excluding carboxylic acids is 1. The Balaban J connectivity index is 1.68. The minimum atomic E-state index is -3.82. The topological polar surface area (TPSA) is 88.2 Å². The van der Waals surface area contributed by atoms with Gasteiger partial charge in [-0.05, 0) is 30.3 Å². The predicted octanol–water partition coefficient (Wildman–Crippen LogP) is 3.55. The maximum atomic E-state index is 13.1. The quantitative estimate of drug-likeness (QED) is 0.716. The molecule has 30 heavy (non-hydrogen) atoms. The van der Waals surface area contributed by atoms with E-state index in [4.69, 9.17) is 32.7 Å². The minimum absolute atomic E-state index is 0.0260. The number of sulfonamides is 1. The van der Waals surface area contributed by atoms with E-state index in [0.717, 1.165) is 0 Å². The number of urea groups is 1. The standard InChI is InChI=1S/C19H21Cl2N3O5S/c1-28-14-4-6-17(29-2)18(12-14)30(26,27)24-9-7-23(8-10-24)19(25)22-13-3-5-15(20)16(21)11-13/h3-6,11-12H,7-10H2,1-2H3,(H,22,25). The number of hydrogen-bond donors (Lipinski definition) is 1. The summed E-state index contributed by atoms with van der Waals surface area (Å²) in [4.78, 5) is 14.1. The Hall–Kier alpha value is -2.20. The average Bonchev–Trinajstić information content (AvgIpc) is 2.75. The number of halogens is 2. The Morgan fingerprint density at radius 1 is 0.967 bits per heavy atom. The number of ether oxygens (including phenoxy) is 2. The van der Waals surface area contributed by atoms with E-state index in [1.807, 2.05) is 0 Å². The van der Waals surface area contributed by atoms with Gasteiger partial charge in [0.05, 0.1) is 24.3 Å². The van der Waals surface area contributed by atoms with Gasteiger partial charge in [-0.15, -0.1) is 0 Å². The lowest BCUT2D eigenvalue weighted by Crippen LogP contribution is -2.51. The van der Waals surface area contributed by atoms with Crippen molar-refractivity contribution >= 4 is 44.9 Å². The van der Waals surface area contributed by atoms with Crippen LogP contribution in [-0.4, -0.2) is 64.1 Å². The van der Waals surface area contributed by atoms with E-state index in [9.17, 15) is 13.2 Å². The van der Waals surface area contributed by atoms with Gasteiger partial charge in [-0.3, -0.25) is 0 Å². The van der Waals surface area contributed by atoms with E-state index in [2.05, 4.69) is 5.32 Å². The largest absolute Gasteiger partial charge is 0.497 e. The molecular formula is C19H21Cl2N3O5S. The van der Waals surface area contributed by atoms with Gasteiger partial charge < -0.3 is 19.7 Å². The molecular weight excluding hydrogens is 453 g/mol. The monoisotopic (exact) mass is 473 g/mol. The fourth-order valence-electron chi connectivity index (χ4n) is 3.03. The summed E-state index contributed by atoms with van der Waals surface area (Å²) in [7, 11) is -0.947. The molecule has 1 aliphatic heterocycles. The van der Waals surface area contributed by atoms with Crippen molar-refractivity contribution < 1.29 is 22.7 Å². The maximum Gasteiger partial charge on any atom is 0.321 e. The van der Waals surface area contributed by atoms with Gasteiger partial charge >= 0.3 is 6.03 Å². The van der Waals surface area contributed by atoms with Crippen LogP contribution in [0.15, 0.2) is 41.3 Å². The summed E-state index contributed by atoms with van der Waals surface area (Å²) >= 11 is 11.8. The molecule has 1 heterocycles. The smallest absolute Gasteiger partial charge is 0.321 e. The molecule has 1 saturated heterocycles. The van der Waals surface area contributed by atoms with Crippen molar-refractivity contribution in [1.29, 1.82) is 0 Å². The molecule has 1 N–H and O–H groups in total. The van der Waals surface area contributed by atoms with Gasteiger partial charge in [0.25, 0.3) is 0 Å². The lowest BCUT2D eigenvalue weighted by Gasteiger charge is -2.34. The molecule has 162 valence electrons. The van der Waals surface area contributed by atoms with Gasteiger partial charge in [-0.2, -0.15) is 4.31 Å². The lowest BCUT2D eigenvalue weighted by molar-refractivity contribution is 0.184. The Morgan fingerprint density at radius 3 is 2.27 bits per heavy atom. The Kier molecular flexibility index (Phi) is 6.97. The van der Waals surface area contributed by atoms with Crippen LogP contribution in [-0.2, 0) is 10.0 Å². The second kappa shape index (κ2) is 9.30. The van der Waals surface area contributed by atoms with Gasteiger partial charge in [0.2, 0.25) is 10.0 Å². The summed E-state index contributed by atoms with van der Waals surface area (Å²) in [6.45, 7) is 0.770. The molecule has 2 aromatic carbocycles. The fraction of sp³-hybridized carbons (Fsp3) is 0.316. The predicted molar refractivity (Wildman–Crippen MR) is 115 cm³/mol. The summed E-state index contributed by atoms with van der Waals surface area (Å²) in [5, 5.41) is 3.46. The van der Waals surface area contributed by atoms with Crippen molar-refractivity contribution in [3.8, 4) is 11.5 Å². The van der Waals surface area contributed by atoms with E-state index in [1.54, 1.807) is 30.3 Å². The van der Waals surface area contributed by atoms with E-state index in [0.29, 0.717) is 21.5 Å². The van der Waals surface area contributed by atoms with Crippen molar-refractivity contribution in [3.63, 3.8) is 0 Å². The minimum Gasteiger partial charge on any atom is -0.497 e. The highest BCUT2D eigenvalue weighted by molar-refractivity contribution is 7.89. The number of nitrogens with one attached hydrogen (secondary N) is 1. The van der Waals surface area contributed by atoms with E-state index >= 15 is 0 Å². The van der Waals surface area contributed by atoms with Crippen LogP contribution in [0.1, 0.15) is 0 Å². The second-order valence-corrected chi connectivity index (χ2v) is 9.19. The molecule has 8 nitrogen and oxygen atoms in total. The number of methoxy groups -OCH3 is 2. The molecule has 0 spiro atoms. The van der Waals surface area contributed by atoms with Crippen LogP contribution in [0.4, 0.5) is 10.5 Å². The van der Waals surface area contributed by atoms with Crippen LogP contribution in [0.5, 0.6) is 11.5 Å². The zero-order valence-electron chi connectivity index (χ0n) is 16.4. The molecule has 11 heteroatoms. The number of piperazine rings is 1. The number of benzene rings is 2. The summed E-state index contributed by atoms with van der Waals surface area (Å²) in [6, 6.07) is 9.04. The van der Waals surface area contributed by atoms with Crippen LogP contribution >= 0.6 is 23.2 Å². The number of anilines is 1. The number of hydrogen-bond acceptors (Lipinski definition) is 5. The maximum absolute atomic E-state index is 13.1. The molecule has 1 fully saturated rings. The van der Waals surface area contributed by atoms with E-state index in [-0.39, 0.29) is 42.9 Å². The Bertz CT molecular complexity index is 1040. The summed E-state index contributed by atoms with van der Waals surface area (Å²) in [5.74, 6) is 0.643. The van der Waals surface area contributed by atoms with Gasteiger partial charge in [-0.25, -0.2) is 13.2 Å². The van der Waals surface area contributed by atoms with Crippen molar-refractivity contribution in [1.82, 2.24) is 9.21 Å². The van der Waals surface area contributed by atoms with Crippen molar-refractivity contribution in [2.45, 2.75) is 4.90 Å². The third-order valence-corrected chi connectivity index (χ3v) is 7.34. The summed E-state index contributed by atoms with van der Waals surface area (Å²) in [6.07, 6.45) is 0. The second-order valence-electron chi connectivity index (χ2n) is 6.47. The van der Waals surface area contributed by atoms with Gasteiger partial charge in [0.1, 0.15) is 16.4 Å². The summed E-state index contributed by atoms with van der Waals surface area (Å²) < 4.78 is 37.9. The molecule has 3 rings (SSSR count). The number of carbonyl (C=O) groups is 1. The van der Waals surface area contributed by atoms with Crippen LogP contribution in [0.25, 0.3) is 0 Å². The van der Waals surface area contributed by atoms with E-state index in [1.165, 1.54) is 29.5 Å². The SMILES string of the molecule is COc1ccc(OC)c(S(=O)(=O)N2CCN(C(=O)Nc3ccc(Cl)c(Cl)c3)CC2)c1. The highest BCUT2D eigenvalue weighted by Gasteiger charge is 2.32. The summed E-state index contributed by atoms with van der Waals surface area (Å²) in [5.41, 5.74) is 0.505. The van der Waals surface area contributed by atoms with Crippen molar-refractivity contribution in [2.75, 3.05) is 45.7 Å². The first-order valence-corrected chi connectivity index (χ1v) is 11.2. The van der Waals surface area contributed by atoms with Crippen LogP contribution in [0, 0.1) is 0 Å². The first kappa shape index (κ1) is 22.5. The van der Waals surface area contributed by atoms with Crippen LogP contribution < -0.4 is 14.8 Å². The molecule has 0 aliphatic carbocycles. The zero-order valence-corrected chi connectivity index (χ0v) is 18.7. The van der Waals surface area contributed by atoms with Crippen LogP contribution in [0.3, 0.4) is 0 Å². The molecule has 2 amide bonds.